The van der Waals surface area contributed by atoms with Gasteiger partial charge in [-0.15, -0.1) is 11.3 Å². The predicted molar refractivity (Wildman–Crippen MR) is 93.6 cm³/mol. The van der Waals surface area contributed by atoms with E-state index in [1.54, 1.807) is 29.6 Å². The van der Waals surface area contributed by atoms with Gasteiger partial charge in [0.2, 0.25) is 5.75 Å². The Morgan fingerprint density at radius 3 is 2.48 bits per heavy atom. The second-order valence-electron chi connectivity index (χ2n) is 4.69. The zero-order chi connectivity index (χ0) is 18.2. The number of rotatable bonds is 8. The molecule has 2 aromatic rings. The van der Waals surface area contributed by atoms with E-state index in [4.69, 9.17) is 19.9 Å². The third kappa shape index (κ3) is 4.95. The minimum absolute atomic E-state index is 0.253. The highest BCUT2D eigenvalue weighted by Gasteiger charge is 2.14. The molecule has 1 heterocycles. The van der Waals surface area contributed by atoms with Crippen molar-refractivity contribution in [3.8, 4) is 17.2 Å². The SMILES string of the molecule is COc1cc(/C=N\NC(=O)c2cccs2)cc(OC)c1OCC(N)=O. The molecule has 0 aliphatic heterocycles. The van der Waals surface area contributed by atoms with Gasteiger partial charge in [0.25, 0.3) is 11.8 Å². The summed E-state index contributed by atoms with van der Waals surface area (Å²) in [7, 11) is 2.90. The number of hydrazone groups is 1. The normalized spacial score (nSPS) is 10.5. The Morgan fingerprint density at radius 1 is 1.28 bits per heavy atom. The number of carbonyl (C=O) groups is 2. The first-order chi connectivity index (χ1) is 12.0. The van der Waals surface area contributed by atoms with E-state index < -0.39 is 5.91 Å². The Bertz CT molecular complexity index is 749. The molecule has 0 bridgehead atoms. The van der Waals surface area contributed by atoms with Crippen molar-refractivity contribution in [2.75, 3.05) is 20.8 Å². The first-order valence-electron chi connectivity index (χ1n) is 7.09. The fourth-order valence-electron chi connectivity index (χ4n) is 1.89. The van der Waals surface area contributed by atoms with Gasteiger partial charge in [0, 0.05) is 5.56 Å². The molecule has 9 heteroatoms. The molecule has 1 aromatic carbocycles. The molecule has 0 saturated heterocycles. The van der Waals surface area contributed by atoms with Crippen molar-refractivity contribution < 1.29 is 23.8 Å². The van der Waals surface area contributed by atoms with Crippen LogP contribution in [-0.2, 0) is 4.79 Å². The lowest BCUT2D eigenvalue weighted by Gasteiger charge is -2.14. The highest BCUT2D eigenvalue weighted by molar-refractivity contribution is 7.12. The molecule has 0 fully saturated rings. The van der Waals surface area contributed by atoms with E-state index in [1.165, 1.54) is 31.8 Å². The van der Waals surface area contributed by atoms with Gasteiger partial charge in [-0.25, -0.2) is 5.43 Å². The summed E-state index contributed by atoms with van der Waals surface area (Å²) < 4.78 is 15.8. The number of ether oxygens (including phenoxy) is 3. The van der Waals surface area contributed by atoms with E-state index in [0.717, 1.165) is 0 Å². The number of nitrogens with one attached hydrogen (secondary N) is 1. The van der Waals surface area contributed by atoms with Gasteiger partial charge in [-0.1, -0.05) is 6.07 Å². The molecule has 3 N–H and O–H groups in total. The topological polar surface area (TPSA) is 112 Å². The maximum Gasteiger partial charge on any atom is 0.281 e. The third-order valence-electron chi connectivity index (χ3n) is 2.97. The zero-order valence-electron chi connectivity index (χ0n) is 13.6. The molecule has 132 valence electrons. The summed E-state index contributed by atoms with van der Waals surface area (Å²) >= 11 is 1.32. The largest absolute Gasteiger partial charge is 0.493 e. The van der Waals surface area contributed by atoms with Gasteiger partial charge in [0.15, 0.2) is 18.1 Å². The number of carbonyl (C=O) groups excluding carboxylic acids is 2. The van der Waals surface area contributed by atoms with Crippen LogP contribution in [0.3, 0.4) is 0 Å². The van der Waals surface area contributed by atoms with Crippen molar-refractivity contribution in [2.24, 2.45) is 10.8 Å². The van der Waals surface area contributed by atoms with Gasteiger partial charge >= 0.3 is 0 Å². The summed E-state index contributed by atoms with van der Waals surface area (Å²) in [5.41, 5.74) is 8.11. The fraction of sp³-hybridized carbons (Fsp3) is 0.188. The van der Waals surface area contributed by atoms with Crippen LogP contribution >= 0.6 is 11.3 Å². The fourth-order valence-corrected chi connectivity index (χ4v) is 2.50. The van der Waals surface area contributed by atoms with Crippen LogP contribution in [0.25, 0.3) is 0 Å². The van der Waals surface area contributed by atoms with E-state index >= 15 is 0 Å². The van der Waals surface area contributed by atoms with Gasteiger partial charge in [-0.3, -0.25) is 9.59 Å². The second-order valence-corrected chi connectivity index (χ2v) is 5.63. The Kier molecular flexibility index (Phi) is 6.35. The first-order valence-corrected chi connectivity index (χ1v) is 7.97. The number of thiophene rings is 1. The number of methoxy groups -OCH3 is 2. The molecule has 0 aliphatic rings. The number of hydrogen-bond acceptors (Lipinski definition) is 7. The Hall–Kier alpha value is -3.07. The maximum absolute atomic E-state index is 11.8. The van der Waals surface area contributed by atoms with Crippen molar-refractivity contribution >= 4 is 29.4 Å². The minimum Gasteiger partial charge on any atom is -0.493 e. The van der Waals surface area contributed by atoms with Gasteiger partial charge in [0.05, 0.1) is 25.3 Å². The Morgan fingerprint density at radius 2 is 1.96 bits per heavy atom. The van der Waals surface area contributed by atoms with Crippen LogP contribution in [0.15, 0.2) is 34.7 Å². The maximum atomic E-state index is 11.8. The molecule has 0 unspecified atom stereocenters. The standard InChI is InChI=1S/C16H17N3O5S/c1-22-11-6-10(7-12(23-2)15(11)24-9-14(17)20)8-18-19-16(21)13-4-3-5-25-13/h3-8H,9H2,1-2H3,(H2,17,20)(H,19,21)/b18-8-. The van der Waals surface area contributed by atoms with E-state index in [2.05, 4.69) is 10.5 Å². The van der Waals surface area contributed by atoms with Crippen LogP contribution in [0.1, 0.15) is 15.2 Å². The van der Waals surface area contributed by atoms with E-state index in [-0.39, 0.29) is 18.3 Å². The van der Waals surface area contributed by atoms with E-state index in [9.17, 15) is 9.59 Å². The lowest BCUT2D eigenvalue weighted by Crippen LogP contribution is -2.20. The van der Waals surface area contributed by atoms with Gasteiger partial charge in [-0.05, 0) is 23.6 Å². The molecular weight excluding hydrogens is 346 g/mol. The highest BCUT2D eigenvalue weighted by atomic mass is 32.1. The zero-order valence-corrected chi connectivity index (χ0v) is 14.5. The Balaban J connectivity index is 2.16. The van der Waals surface area contributed by atoms with E-state index in [1.807, 2.05) is 0 Å². The van der Waals surface area contributed by atoms with Crippen LogP contribution < -0.4 is 25.4 Å². The lowest BCUT2D eigenvalue weighted by molar-refractivity contribution is -0.120. The van der Waals surface area contributed by atoms with Crippen molar-refractivity contribution in [3.63, 3.8) is 0 Å². The molecule has 1 aromatic heterocycles. The molecule has 0 spiro atoms. The number of amides is 2. The second kappa shape index (κ2) is 8.69. The highest BCUT2D eigenvalue weighted by Crippen LogP contribution is 2.38. The van der Waals surface area contributed by atoms with Gasteiger partial charge < -0.3 is 19.9 Å². The monoisotopic (exact) mass is 363 g/mol. The molecule has 2 amide bonds. The molecule has 25 heavy (non-hydrogen) atoms. The molecule has 0 radical (unpaired) electrons. The van der Waals surface area contributed by atoms with Gasteiger partial charge in [-0.2, -0.15) is 5.10 Å². The van der Waals surface area contributed by atoms with E-state index in [0.29, 0.717) is 21.9 Å². The quantitative estimate of drug-likeness (QED) is 0.544. The van der Waals surface area contributed by atoms with Gasteiger partial charge in [0.1, 0.15) is 0 Å². The van der Waals surface area contributed by atoms with Crippen molar-refractivity contribution in [1.29, 1.82) is 0 Å². The number of nitrogens with zero attached hydrogens (tertiary/aromatic N) is 1. The number of primary amides is 1. The molecular formula is C16H17N3O5S. The van der Waals surface area contributed by atoms with Crippen molar-refractivity contribution in [2.45, 2.75) is 0 Å². The van der Waals surface area contributed by atoms with Crippen LogP contribution in [0, 0.1) is 0 Å². The van der Waals surface area contributed by atoms with Crippen LogP contribution in [0.4, 0.5) is 0 Å². The number of nitrogens with two attached hydrogens (primary N) is 1. The van der Waals surface area contributed by atoms with Crippen LogP contribution in [0.5, 0.6) is 17.2 Å². The summed E-state index contributed by atoms with van der Waals surface area (Å²) in [5, 5.41) is 5.71. The summed E-state index contributed by atoms with van der Waals surface area (Å²) in [6, 6.07) is 6.73. The molecule has 0 atom stereocenters. The molecule has 0 aliphatic carbocycles. The minimum atomic E-state index is -0.619. The van der Waals surface area contributed by atoms with Crippen molar-refractivity contribution in [3.05, 3.63) is 40.1 Å². The average molecular weight is 363 g/mol. The van der Waals surface area contributed by atoms with Crippen LogP contribution in [0.2, 0.25) is 0 Å². The average Bonchev–Trinajstić information content (AvgIpc) is 3.14. The summed E-state index contributed by atoms with van der Waals surface area (Å²) in [6.45, 7) is -0.309. The summed E-state index contributed by atoms with van der Waals surface area (Å²) in [5.74, 6) is 0.0134. The number of hydrogen-bond donors (Lipinski definition) is 2. The lowest BCUT2D eigenvalue weighted by atomic mass is 10.2. The summed E-state index contributed by atoms with van der Waals surface area (Å²) in [6.07, 6.45) is 1.44. The third-order valence-corrected chi connectivity index (χ3v) is 3.84. The summed E-state index contributed by atoms with van der Waals surface area (Å²) in [4.78, 5) is 23.3. The number of benzene rings is 1. The van der Waals surface area contributed by atoms with Crippen molar-refractivity contribution in [1.82, 2.24) is 5.43 Å². The molecule has 8 nitrogen and oxygen atoms in total. The smallest absolute Gasteiger partial charge is 0.281 e. The predicted octanol–water partition coefficient (Wildman–Crippen LogP) is 1.39. The first kappa shape index (κ1) is 18.3. The molecule has 2 rings (SSSR count). The molecule has 0 saturated carbocycles. The Labute approximate surface area is 148 Å². The van der Waals surface area contributed by atoms with Crippen LogP contribution in [-0.4, -0.2) is 38.9 Å².